The van der Waals surface area contributed by atoms with Crippen LogP contribution < -0.4 is 0 Å². The highest BCUT2D eigenvalue weighted by molar-refractivity contribution is 9.10. The fraction of sp³-hybridized carbons (Fsp3) is 0.500. The van der Waals surface area contributed by atoms with Crippen LogP contribution in [-0.4, -0.2) is 28.4 Å². The molecule has 4 heteroatoms. The Kier molecular flexibility index (Phi) is 2.63. The lowest BCUT2D eigenvalue weighted by molar-refractivity contribution is 0.0742. The number of rotatable bonds is 1. The minimum atomic E-state index is 0.112. The lowest BCUT2D eigenvalue weighted by Gasteiger charge is -2.20. The summed E-state index contributed by atoms with van der Waals surface area (Å²) < 4.78 is 0.924. The van der Waals surface area contributed by atoms with E-state index in [9.17, 15) is 4.79 Å². The number of carbonyl (C=O) groups excluding carboxylic acids is 1. The molecule has 1 amide bonds. The first-order valence-electron chi connectivity index (χ1n) is 4.83. The third-order valence-corrected chi connectivity index (χ3v) is 3.15. The number of likely N-dealkylation sites (tertiary alicyclic amines) is 1. The van der Waals surface area contributed by atoms with Gasteiger partial charge in [-0.1, -0.05) is 0 Å². The van der Waals surface area contributed by atoms with Crippen molar-refractivity contribution in [2.24, 2.45) is 0 Å². The Morgan fingerprint density at radius 3 is 3.00 bits per heavy atom. The summed E-state index contributed by atoms with van der Waals surface area (Å²) in [6.07, 6.45) is 4.02. The highest BCUT2D eigenvalue weighted by Crippen LogP contribution is 2.20. The largest absolute Gasteiger partial charge is 0.356 e. The van der Waals surface area contributed by atoms with Crippen LogP contribution in [0.2, 0.25) is 0 Å². The number of hydrogen-bond acceptors (Lipinski definition) is 1. The molecule has 0 spiro atoms. The van der Waals surface area contributed by atoms with Crippen LogP contribution in [0.15, 0.2) is 16.7 Å². The number of nitrogens with zero attached hydrogens (tertiary/aromatic N) is 1. The smallest absolute Gasteiger partial charge is 0.270 e. The number of hydrogen-bond donors (Lipinski definition) is 1. The fourth-order valence-corrected chi connectivity index (χ4v) is 2.22. The zero-order chi connectivity index (χ0) is 10.1. The summed E-state index contributed by atoms with van der Waals surface area (Å²) in [5.41, 5.74) is 0.672. The molecule has 0 radical (unpaired) electrons. The monoisotopic (exact) mass is 256 g/mol. The van der Waals surface area contributed by atoms with Gasteiger partial charge in [0.1, 0.15) is 5.69 Å². The Balaban J connectivity index is 2.15. The van der Waals surface area contributed by atoms with Gasteiger partial charge >= 0.3 is 0 Å². The topological polar surface area (TPSA) is 36.1 Å². The van der Waals surface area contributed by atoms with E-state index in [0.717, 1.165) is 23.9 Å². The van der Waals surface area contributed by atoms with Crippen molar-refractivity contribution in [3.63, 3.8) is 0 Å². The van der Waals surface area contributed by atoms with Gasteiger partial charge in [-0.2, -0.15) is 0 Å². The molecule has 76 valence electrons. The summed E-state index contributed by atoms with van der Waals surface area (Å²) in [5, 5.41) is 0. The molecule has 1 aromatic heterocycles. The molecule has 0 aliphatic carbocycles. The van der Waals surface area contributed by atoms with Gasteiger partial charge in [0.15, 0.2) is 0 Å². The molecule has 1 aromatic rings. The van der Waals surface area contributed by atoms with Gasteiger partial charge in [-0.3, -0.25) is 4.79 Å². The van der Waals surface area contributed by atoms with Crippen LogP contribution in [0.1, 0.15) is 30.3 Å². The molecule has 0 aromatic carbocycles. The summed E-state index contributed by atoms with van der Waals surface area (Å²) in [5.74, 6) is 0.112. The predicted molar refractivity (Wildman–Crippen MR) is 58.2 cm³/mol. The molecule has 0 bridgehead atoms. The number of aromatic amines is 1. The van der Waals surface area contributed by atoms with Crippen molar-refractivity contribution in [1.29, 1.82) is 0 Å². The summed E-state index contributed by atoms with van der Waals surface area (Å²) in [7, 11) is 0. The Bertz CT molecular complexity index is 348. The van der Waals surface area contributed by atoms with Gasteiger partial charge in [0, 0.05) is 23.3 Å². The standard InChI is InChI=1S/C10H13BrN2O/c1-7-3-2-4-13(7)10(14)9-5-8(11)6-12-9/h5-7,12H,2-4H2,1H3. The van der Waals surface area contributed by atoms with Gasteiger partial charge in [0.2, 0.25) is 0 Å². The summed E-state index contributed by atoms with van der Waals surface area (Å²) in [4.78, 5) is 16.8. The van der Waals surface area contributed by atoms with E-state index in [2.05, 4.69) is 27.8 Å². The lowest BCUT2D eigenvalue weighted by atomic mass is 10.2. The fourth-order valence-electron chi connectivity index (χ4n) is 1.88. The maximum Gasteiger partial charge on any atom is 0.270 e. The Labute approximate surface area is 91.6 Å². The van der Waals surface area contributed by atoms with Gasteiger partial charge < -0.3 is 9.88 Å². The van der Waals surface area contributed by atoms with E-state index in [4.69, 9.17) is 0 Å². The van der Waals surface area contributed by atoms with E-state index >= 15 is 0 Å². The second-order valence-corrected chi connectivity index (χ2v) is 4.64. The van der Waals surface area contributed by atoms with Crippen LogP contribution in [-0.2, 0) is 0 Å². The van der Waals surface area contributed by atoms with Crippen molar-refractivity contribution < 1.29 is 4.79 Å². The zero-order valence-corrected chi connectivity index (χ0v) is 9.67. The minimum absolute atomic E-state index is 0.112. The third-order valence-electron chi connectivity index (χ3n) is 2.69. The van der Waals surface area contributed by atoms with Crippen LogP contribution in [0, 0.1) is 0 Å². The van der Waals surface area contributed by atoms with Crippen LogP contribution in [0.25, 0.3) is 0 Å². The molecule has 1 unspecified atom stereocenters. The Morgan fingerprint density at radius 2 is 2.50 bits per heavy atom. The maximum absolute atomic E-state index is 11.9. The van der Waals surface area contributed by atoms with Crippen LogP contribution in [0.3, 0.4) is 0 Å². The lowest BCUT2D eigenvalue weighted by Crippen LogP contribution is -2.33. The van der Waals surface area contributed by atoms with Gasteiger partial charge in [0.05, 0.1) is 0 Å². The zero-order valence-electron chi connectivity index (χ0n) is 8.09. The summed E-state index contributed by atoms with van der Waals surface area (Å²) in [6.45, 7) is 2.99. The van der Waals surface area contributed by atoms with Gasteiger partial charge in [0.25, 0.3) is 5.91 Å². The highest BCUT2D eigenvalue weighted by Gasteiger charge is 2.26. The number of halogens is 1. The number of carbonyl (C=O) groups is 1. The average Bonchev–Trinajstić information content (AvgIpc) is 2.73. The van der Waals surface area contributed by atoms with E-state index in [1.165, 1.54) is 0 Å². The molecular weight excluding hydrogens is 244 g/mol. The summed E-state index contributed by atoms with van der Waals surface area (Å²) in [6, 6.07) is 2.21. The first-order chi connectivity index (χ1) is 6.68. The Morgan fingerprint density at radius 1 is 1.71 bits per heavy atom. The second kappa shape index (κ2) is 3.77. The molecule has 1 aliphatic heterocycles. The first-order valence-corrected chi connectivity index (χ1v) is 5.62. The van der Waals surface area contributed by atoms with Crippen molar-refractivity contribution in [1.82, 2.24) is 9.88 Å². The van der Waals surface area contributed by atoms with Crippen molar-refractivity contribution in [3.8, 4) is 0 Å². The molecule has 1 N–H and O–H groups in total. The second-order valence-electron chi connectivity index (χ2n) is 3.72. The molecule has 3 nitrogen and oxygen atoms in total. The quantitative estimate of drug-likeness (QED) is 0.823. The number of nitrogens with one attached hydrogen (secondary N) is 1. The minimum Gasteiger partial charge on any atom is -0.356 e. The van der Waals surface area contributed by atoms with Gasteiger partial charge in [-0.05, 0) is 41.8 Å². The van der Waals surface area contributed by atoms with Crippen molar-refractivity contribution in [2.75, 3.05) is 6.54 Å². The predicted octanol–water partition coefficient (Wildman–Crippen LogP) is 2.40. The highest BCUT2D eigenvalue weighted by atomic mass is 79.9. The molecule has 1 fully saturated rings. The number of amides is 1. The Hall–Kier alpha value is -0.770. The van der Waals surface area contributed by atoms with Crippen molar-refractivity contribution in [3.05, 3.63) is 22.4 Å². The van der Waals surface area contributed by atoms with E-state index in [0.29, 0.717) is 11.7 Å². The van der Waals surface area contributed by atoms with E-state index in [1.54, 1.807) is 6.20 Å². The SMILES string of the molecule is CC1CCCN1C(=O)c1cc(Br)c[nH]1. The van der Waals surface area contributed by atoms with E-state index in [-0.39, 0.29) is 5.91 Å². The van der Waals surface area contributed by atoms with Crippen molar-refractivity contribution in [2.45, 2.75) is 25.8 Å². The average molecular weight is 257 g/mol. The summed E-state index contributed by atoms with van der Waals surface area (Å²) >= 11 is 3.32. The van der Waals surface area contributed by atoms with Gasteiger partial charge in [-0.25, -0.2) is 0 Å². The molecular formula is C10H13BrN2O. The molecule has 1 atom stereocenters. The molecule has 2 heterocycles. The maximum atomic E-state index is 11.9. The van der Waals surface area contributed by atoms with Crippen molar-refractivity contribution >= 4 is 21.8 Å². The molecule has 0 saturated carbocycles. The molecule has 1 saturated heterocycles. The molecule has 14 heavy (non-hydrogen) atoms. The van der Waals surface area contributed by atoms with Gasteiger partial charge in [-0.15, -0.1) is 0 Å². The van der Waals surface area contributed by atoms with Crippen LogP contribution in [0.4, 0.5) is 0 Å². The molecule has 2 rings (SSSR count). The van der Waals surface area contributed by atoms with Crippen LogP contribution >= 0.6 is 15.9 Å². The van der Waals surface area contributed by atoms with E-state index in [1.807, 2.05) is 11.0 Å². The molecule has 1 aliphatic rings. The number of aromatic nitrogens is 1. The van der Waals surface area contributed by atoms with E-state index < -0.39 is 0 Å². The third kappa shape index (κ3) is 1.71. The first kappa shape index (κ1) is 9.77. The number of H-pyrrole nitrogens is 1. The normalized spacial score (nSPS) is 21.6. The van der Waals surface area contributed by atoms with Crippen LogP contribution in [0.5, 0.6) is 0 Å².